The molecule has 19 heavy (non-hydrogen) atoms. The van der Waals surface area contributed by atoms with Gasteiger partial charge in [-0.3, -0.25) is 4.79 Å². The number of benzene rings is 1. The first kappa shape index (κ1) is 13.0. The molecule has 0 bridgehead atoms. The minimum absolute atomic E-state index is 0.0386. The van der Waals surface area contributed by atoms with Crippen LogP contribution in [0.15, 0.2) is 41.0 Å². The Morgan fingerprint density at radius 1 is 1.26 bits per heavy atom. The highest BCUT2D eigenvalue weighted by Crippen LogP contribution is 2.36. The number of carbonyl (C=O) groups is 1. The Balaban J connectivity index is 2.33. The number of rotatable bonds is 2. The lowest BCUT2D eigenvalue weighted by atomic mass is 10.1. The summed E-state index contributed by atoms with van der Waals surface area (Å²) < 4.78 is 43.2. The second-order valence-corrected chi connectivity index (χ2v) is 3.73. The van der Waals surface area contributed by atoms with Crippen molar-refractivity contribution in [2.24, 2.45) is 0 Å². The molecule has 100 valence electrons. The molecule has 2 rings (SSSR count). The summed E-state index contributed by atoms with van der Waals surface area (Å²) >= 11 is 0. The van der Waals surface area contributed by atoms with Crippen molar-refractivity contribution < 1.29 is 22.4 Å². The van der Waals surface area contributed by atoms with Crippen molar-refractivity contribution in [1.29, 1.82) is 0 Å². The molecule has 1 amide bonds. The minimum atomic E-state index is -4.61. The van der Waals surface area contributed by atoms with E-state index in [0.717, 1.165) is 12.1 Å². The molecule has 0 aliphatic rings. The van der Waals surface area contributed by atoms with Gasteiger partial charge >= 0.3 is 6.18 Å². The third kappa shape index (κ3) is 2.87. The highest BCUT2D eigenvalue weighted by molar-refractivity contribution is 6.02. The molecule has 0 fully saturated rings. The number of furan rings is 1. The van der Waals surface area contributed by atoms with Crippen molar-refractivity contribution in [3.05, 3.63) is 47.9 Å². The fraction of sp³-hybridized carbons (Fsp3) is 0.0833. The Morgan fingerprint density at radius 3 is 2.58 bits per heavy atom. The molecule has 0 saturated heterocycles. The van der Waals surface area contributed by atoms with Gasteiger partial charge in [-0.25, -0.2) is 0 Å². The number of nitrogen functional groups attached to an aromatic ring is 1. The van der Waals surface area contributed by atoms with Crippen LogP contribution in [0.2, 0.25) is 0 Å². The fourth-order valence-corrected chi connectivity index (χ4v) is 1.50. The number of amides is 1. The largest absolute Gasteiger partial charge is 0.459 e. The highest BCUT2D eigenvalue weighted by atomic mass is 19.4. The Kier molecular flexibility index (Phi) is 3.20. The zero-order valence-electron chi connectivity index (χ0n) is 9.49. The number of anilines is 2. The van der Waals surface area contributed by atoms with Crippen LogP contribution < -0.4 is 11.1 Å². The van der Waals surface area contributed by atoms with Gasteiger partial charge in [0, 0.05) is 5.69 Å². The zero-order valence-corrected chi connectivity index (χ0v) is 9.49. The van der Waals surface area contributed by atoms with E-state index in [1.54, 1.807) is 0 Å². The number of nitrogens with one attached hydrogen (secondary N) is 1. The quantitative estimate of drug-likeness (QED) is 0.824. The van der Waals surface area contributed by atoms with E-state index < -0.39 is 17.6 Å². The molecular formula is C12H9F3N2O2. The highest BCUT2D eigenvalue weighted by Gasteiger charge is 2.34. The van der Waals surface area contributed by atoms with Gasteiger partial charge in [0.15, 0.2) is 5.76 Å². The van der Waals surface area contributed by atoms with Gasteiger partial charge in [-0.15, -0.1) is 0 Å². The summed E-state index contributed by atoms with van der Waals surface area (Å²) in [6.07, 6.45) is -3.36. The lowest BCUT2D eigenvalue weighted by molar-refractivity contribution is -0.136. The van der Waals surface area contributed by atoms with Crippen LogP contribution in [0.3, 0.4) is 0 Å². The first-order valence-corrected chi connectivity index (χ1v) is 5.19. The maximum atomic E-state index is 12.8. The summed E-state index contributed by atoms with van der Waals surface area (Å²) in [5.41, 5.74) is 3.90. The predicted octanol–water partition coefficient (Wildman–Crippen LogP) is 3.13. The van der Waals surface area contributed by atoms with Crippen LogP contribution in [0.4, 0.5) is 24.5 Å². The first-order chi connectivity index (χ1) is 8.88. The number of carbonyl (C=O) groups excluding carboxylic acids is 1. The van der Waals surface area contributed by atoms with Crippen molar-refractivity contribution >= 4 is 17.3 Å². The van der Waals surface area contributed by atoms with Crippen molar-refractivity contribution in [2.75, 3.05) is 11.1 Å². The topological polar surface area (TPSA) is 68.3 Å². The smallest absolute Gasteiger partial charge is 0.418 e. The minimum Gasteiger partial charge on any atom is -0.459 e. The molecule has 0 aliphatic heterocycles. The standard InChI is InChI=1S/C12H9F3N2O2/c13-12(14,15)8-6-7(16)3-4-9(8)17-11(18)10-2-1-5-19-10/h1-6H,16H2,(H,17,18). The molecule has 0 spiro atoms. The predicted molar refractivity (Wildman–Crippen MR) is 62.5 cm³/mol. The summed E-state index contributed by atoms with van der Waals surface area (Å²) in [6.45, 7) is 0. The SMILES string of the molecule is Nc1ccc(NC(=O)c2ccco2)c(C(F)(F)F)c1. The number of hydrogen-bond donors (Lipinski definition) is 2. The van der Waals surface area contributed by atoms with Crippen LogP contribution in [0, 0.1) is 0 Å². The summed E-state index contributed by atoms with van der Waals surface area (Å²) in [6, 6.07) is 5.94. The van der Waals surface area contributed by atoms with Gasteiger partial charge in [0.05, 0.1) is 17.5 Å². The van der Waals surface area contributed by atoms with Crippen LogP contribution in [-0.4, -0.2) is 5.91 Å². The molecule has 7 heteroatoms. The van der Waals surface area contributed by atoms with Crippen LogP contribution in [0.25, 0.3) is 0 Å². The molecule has 4 nitrogen and oxygen atoms in total. The average molecular weight is 270 g/mol. The third-order valence-corrected chi connectivity index (χ3v) is 2.34. The molecule has 1 aromatic carbocycles. The molecule has 2 aromatic rings. The van der Waals surface area contributed by atoms with Crippen LogP contribution >= 0.6 is 0 Å². The number of halogens is 3. The van der Waals surface area contributed by atoms with Crippen molar-refractivity contribution in [1.82, 2.24) is 0 Å². The van der Waals surface area contributed by atoms with E-state index in [-0.39, 0.29) is 17.1 Å². The first-order valence-electron chi connectivity index (χ1n) is 5.19. The van der Waals surface area contributed by atoms with Crippen LogP contribution in [0.5, 0.6) is 0 Å². The van der Waals surface area contributed by atoms with Gasteiger partial charge in [-0.1, -0.05) is 0 Å². The Morgan fingerprint density at radius 2 is 2.00 bits per heavy atom. The number of alkyl halides is 3. The Bertz CT molecular complexity index is 592. The van der Waals surface area contributed by atoms with Crippen molar-refractivity contribution in [3.63, 3.8) is 0 Å². The Hall–Kier alpha value is -2.44. The van der Waals surface area contributed by atoms with E-state index >= 15 is 0 Å². The van der Waals surface area contributed by atoms with Crippen molar-refractivity contribution in [2.45, 2.75) is 6.18 Å². The molecule has 0 aliphatic carbocycles. The molecule has 0 radical (unpaired) electrons. The van der Waals surface area contributed by atoms with Crippen LogP contribution in [0.1, 0.15) is 16.1 Å². The monoisotopic (exact) mass is 270 g/mol. The van der Waals surface area contributed by atoms with E-state index in [4.69, 9.17) is 10.2 Å². The second kappa shape index (κ2) is 4.68. The maximum absolute atomic E-state index is 12.8. The van der Waals surface area contributed by atoms with E-state index in [2.05, 4.69) is 5.32 Å². The summed E-state index contributed by atoms with van der Waals surface area (Å²) in [7, 11) is 0. The van der Waals surface area contributed by atoms with E-state index in [0.29, 0.717) is 0 Å². The van der Waals surface area contributed by atoms with E-state index in [1.807, 2.05) is 0 Å². The second-order valence-electron chi connectivity index (χ2n) is 3.73. The van der Waals surface area contributed by atoms with Gasteiger partial charge in [-0.2, -0.15) is 13.2 Å². The van der Waals surface area contributed by atoms with Gasteiger partial charge < -0.3 is 15.5 Å². The van der Waals surface area contributed by atoms with Gasteiger partial charge in [0.2, 0.25) is 0 Å². The molecule has 3 N–H and O–H groups in total. The summed E-state index contributed by atoms with van der Waals surface area (Å²) in [5.74, 6) is -0.842. The number of nitrogens with two attached hydrogens (primary N) is 1. The number of hydrogen-bond acceptors (Lipinski definition) is 3. The van der Waals surface area contributed by atoms with Gasteiger partial charge in [0.25, 0.3) is 5.91 Å². The maximum Gasteiger partial charge on any atom is 0.418 e. The lowest BCUT2D eigenvalue weighted by Crippen LogP contribution is -2.16. The van der Waals surface area contributed by atoms with Crippen LogP contribution in [-0.2, 0) is 6.18 Å². The normalized spacial score (nSPS) is 11.3. The fourth-order valence-electron chi connectivity index (χ4n) is 1.50. The molecule has 1 aromatic heterocycles. The van der Waals surface area contributed by atoms with E-state index in [1.165, 1.54) is 24.5 Å². The summed E-state index contributed by atoms with van der Waals surface area (Å²) in [5, 5.41) is 2.14. The van der Waals surface area contributed by atoms with E-state index in [9.17, 15) is 18.0 Å². The molecule has 1 heterocycles. The third-order valence-electron chi connectivity index (χ3n) is 2.34. The molecular weight excluding hydrogens is 261 g/mol. The Labute approximate surface area is 106 Å². The average Bonchev–Trinajstić information content (AvgIpc) is 2.83. The lowest BCUT2D eigenvalue weighted by Gasteiger charge is -2.13. The molecule has 0 atom stereocenters. The van der Waals surface area contributed by atoms with Gasteiger partial charge in [0.1, 0.15) is 0 Å². The molecule has 0 saturated carbocycles. The zero-order chi connectivity index (χ0) is 14.0. The van der Waals surface area contributed by atoms with Crippen molar-refractivity contribution in [3.8, 4) is 0 Å². The summed E-state index contributed by atoms with van der Waals surface area (Å²) in [4.78, 5) is 11.6. The molecule has 0 unspecified atom stereocenters. The van der Waals surface area contributed by atoms with Gasteiger partial charge in [-0.05, 0) is 30.3 Å².